The van der Waals surface area contributed by atoms with E-state index in [4.69, 9.17) is 0 Å². The van der Waals surface area contributed by atoms with E-state index in [0.29, 0.717) is 0 Å². The van der Waals surface area contributed by atoms with Gasteiger partial charge in [0.25, 0.3) is 0 Å². The number of amidine groups is 1. The van der Waals surface area contributed by atoms with Crippen LogP contribution in [0.5, 0.6) is 0 Å². The molecule has 0 saturated heterocycles. The van der Waals surface area contributed by atoms with Gasteiger partial charge in [-0.05, 0) is 13.1 Å². The number of hydrogen-bond donors (Lipinski definition) is 0. The summed E-state index contributed by atoms with van der Waals surface area (Å²) in [5, 5.41) is 0. The first-order chi connectivity index (χ1) is 4.68. The number of nitrogens with zero attached hydrogens (tertiary/aromatic N) is 2. The number of allylic oxidation sites excluding steroid dienone is 2. The molecule has 0 aromatic carbocycles. The Kier molecular flexibility index (Phi) is 2.61. The summed E-state index contributed by atoms with van der Waals surface area (Å²) in [7, 11) is 0. The zero-order valence-electron chi connectivity index (χ0n) is 6.81. The number of rotatable bonds is 0. The van der Waals surface area contributed by atoms with Gasteiger partial charge in [-0.25, -0.2) is 0 Å². The van der Waals surface area contributed by atoms with Gasteiger partial charge in [-0.15, -0.1) is 12.6 Å². The Labute approximate surface area is 61.4 Å². The standard InChI is InChI=1S/C8H11N2.Lr/c1-6-4-7(2)10-8(3)9-5-6;/h4-5H,1-3H3;/q-1;. The second-order valence-electron chi connectivity index (χ2n) is 2.45. The van der Waals surface area contributed by atoms with E-state index in [2.05, 4.69) is 9.98 Å². The summed E-state index contributed by atoms with van der Waals surface area (Å²) in [6.07, 6.45) is 3.84. The van der Waals surface area contributed by atoms with Gasteiger partial charge >= 0.3 is 0 Å². The van der Waals surface area contributed by atoms with E-state index in [1.807, 2.05) is 33.1 Å². The molecule has 11 heavy (non-hydrogen) atoms. The zero-order chi connectivity index (χ0) is 7.56. The molecule has 0 unspecified atom stereocenters. The van der Waals surface area contributed by atoms with Crippen LogP contribution in [-0.2, 0) is 0 Å². The summed E-state index contributed by atoms with van der Waals surface area (Å²) < 4.78 is 0. The average molecular weight is 397 g/mol. The third-order valence-corrected chi connectivity index (χ3v) is 1.23. The van der Waals surface area contributed by atoms with Crippen molar-refractivity contribution in [1.29, 1.82) is 0 Å². The minimum Gasteiger partial charge on any atom is -0.336 e. The molecule has 69 valence electrons. The van der Waals surface area contributed by atoms with Crippen molar-refractivity contribution >= 4 is 12.1 Å². The normalized spacial score (nSPS) is 16.5. The summed E-state index contributed by atoms with van der Waals surface area (Å²) in [6, 6.07) is 0. The molecule has 1 aliphatic heterocycles. The van der Waals surface area contributed by atoms with E-state index in [1.165, 1.54) is 0 Å². The van der Waals surface area contributed by atoms with Gasteiger partial charge < -0.3 is 4.99 Å². The fourth-order valence-electron chi connectivity index (χ4n) is 0.878. The Bertz CT molecular complexity index is 216. The first kappa shape index (κ1) is 8.95. The van der Waals surface area contributed by atoms with E-state index in [0.717, 1.165) is 17.5 Å². The smallest absolute Gasteiger partial charge is 0.105 e. The zero-order valence-corrected chi connectivity index (χ0v) is 8.96. The second kappa shape index (κ2) is 3.20. The maximum atomic E-state index is 4.19. The van der Waals surface area contributed by atoms with Crippen molar-refractivity contribution in [1.82, 2.24) is 0 Å². The fraction of sp³-hybridized carbons (Fsp3) is 0.375. The van der Waals surface area contributed by atoms with Crippen LogP contribution < -0.4 is 0 Å². The molecule has 1 rings (SSSR count). The summed E-state index contributed by atoms with van der Waals surface area (Å²) in [5.74, 6) is 1.98. The topological polar surface area (TPSA) is 24.7 Å². The molecule has 0 saturated carbocycles. The summed E-state index contributed by atoms with van der Waals surface area (Å²) >= 11 is 0. The SMILES string of the molecule is CC1=C[C-](C)C=NC(C)=N1.[Lr]. The van der Waals surface area contributed by atoms with Gasteiger partial charge in [-0.3, -0.25) is 4.99 Å². The molecular weight excluding hydrogens is 386 g/mol. The van der Waals surface area contributed by atoms with Crippen LogP contribution in [0.25, 0.3) is 0 Å². The molecule has 1 radical (unpaired) electrons. The summed E-state index contributed by atoms with van der Waals surface area (Å²) in [6.45, 7) is 5.88. The van der Waals surface area contributed by atoms with Crippen LogP contribution >= 0.6 is 0 Å². The van der Waals surface area contributed by atoms with Crippen molar-refractivity contribution in [3.8, 4) is 0 Å². The average Bonchev–Trinajstić information content (AvgIpc) is 1.93. The van der Waals surface area contributed by atoms with E-state index < -0.39 is 0 Å². The third kappa shape index (κ3) is 2.35. The molecule has 0 bridgehead atoms. The molecule has 0 N–H and O–H groups in total. The van der Waals surface area contributed by atoms with Crippen LogP contribution in [0.4, 0.5) is 0 Å². The van der Waals surface area contributed by atoms with Crippen molar-refractivity contribution in [2.45, 2.75) is 20.8 Å². The molecule has 0 fully saturated rings. The maximum absolute atomic E-state index is 4.19. The molecule has 1 aliphatic rings. The molecule has 3 heteroatoms. The van der Waals surface area contributed by atoms with Gasteiger partial charge in [0.15, 0.2) is 0 Å². The third-order valence-electron chi connectivity index (χ3n) is 1.23. The predicted octanol–water partition coefficient (Wildman–Crippen LogP) is 1.99. The van der Waals surface area contributed by atoms with Gasteiger partial charge in [0.1, 0.15) is 5.84 Å². The molecule has 0 aliphatic carbocycles. The van der Waals surface area contributed by atoms with E-state index >= 15 is 0 Å². The Morgan fingerprint density at radius 3 is 2.64 bits per heavy atom. The van der Waals surface area contributed by atoms with Crippen LogP contribution in [0.3, 0.4) is 0 Å². The van der Waals surface area contributed by atoms with Crippen LogP contribution in [-0.4, -0.2) is 12.1 Å². The van der Waals surface area contributed by atoms with Crippen molar-refractivity contribution in [3.05, 3.63) is 17.7 Å². The van der Waals surface area contributed by atoms with Crippen LogP contribution in [0.15, 0.2) is 21.8 Å². The largest absolute Gasteiger partial charge is 0.336 e. The van der Waals surface area contributed by atoms with E-state index in [-0.39, 0.29) is 0 Å². The maximum Gasteiger partial charge on any atom is 0.105 e. The van der Waals surface area contributed by atoms with Crippen molar-refractivity contribution in [3.63, 3.8) is 0 Å². The Morgan fingerprint density at radius 2 is 2.00 bits per heavy atom. The van der Waals surface area contributed by atoms with Crippen molar-refractivity contribution < 1.29 is 0 Å². The Hall–Kier alpha value is -2.05. The molecule has 0 spiro atoms. The molecule has 0 aromatic rings. The fourth-order valence-corrected chi connectivity index (χ4v) is 0.878. The summed E-state index contributed by atoms with van der Waals surface area (Å²) in [5.41, 5.74) is 1.02. The van der Waals surface area contributed by atoms with Gasteiger partial charge in [0.05, 0.1) is 0 Å². The van der Waals surface area contributed by atoms with E-state index in [1.54, 1.807) is 0 Å². The van der Waals surface area contributed by atoms with Crippen LogP contribution in [0.2, 0.25) is 0 Å². The molecule has 0 amide bonds. The molecule has 1 heterocycles. The molecule has 0 aromatic heterocycles. The van der Waals surface area contributed by atoms with E-state index in [9.17, 15) is 0 Å². The minimum atomic E-state index is 0. The monoisotopic (exact) mass is 397 g/mol. The number of hydrogen-bond acceptors (Lipinski definition) is 2. The summed E-state index contributed by atoms with van der Waals surface area (Å²) in [4.78, 5) is 8.28. The second-order valence-corrected chi connectivity index (χ2v) is 2.45. The van der Waals surface area contributed by atoms with Gasteiger partial charge in [-0.2, -0.15) is 12.0 Å². The Balaban J connectivity index is 0.000001000. The van der Waals surface area contributed by atoms with Crippen molar-refractivity contribution in [2.24, 2.45) is 9.98 Å². The van der Waals surface area contributed by atoms with Crippen LogP contribution in [0, 0.1) is 5.92 Å². The number of aliphatic imine (C=N–C) groups is 2. The molecule has 2 nitrogen and oxygen atoms in total. The molecule has 0 atom stereocenters. The van der Waals surface area contributed by atoms with Crippen molar-refractivity contribution in [2.75, 3.05) is 0 Å². The van der Waals surface area contributed by atoms with Crippen LogP contribution in [0.1, 0.15) is 20.8 Å². The van der Waals surface area contributed by atoms with Gasteiger partial charge in [0, 0.05) is 0 Å². The first-order valence-electron chi connectivity index (χ1n) is 3.30. The molecular formula is C8H11LrN2-. The predicted molar refractivity (Wildman–Crippen MR) is 44.3 cm³/mol. The van der Waals surface area contributed by atoms with Gasteiger partial charge in [-0.1, -0.05) is 6.92 Å². The first-order valence-corrected chi connectivity index (χ1v) is 3.30. The quantitative estimate of drug-likeness (QED) is 0.559. The van der Waals surface area contributed by atoms with Gasteiger partial charge in [0.2, 0.25) is 0 Å². The minimum absolute atomic E-state index is 0. The Morgan fingerprint density at radius 1 is 1.36 bits per heavy atom.